The van der Waals surface area contributed by atoms with E-state index in [0.717, 1.165) is 19.4 Å². The highest BCUT2D eigenvalue weighted by Gasteiger charge is 2.25. The third kappa shape index (κ3) is 6.31. The summed E-state index contributed by atoms with van der Waals surface area (Å²) in [5, 5.41) is 34.1. The number of hydrogen-bond donors (Lipinski definition) is 5. The Morgan fingerprint density at radius 3 is 2.76 bits per heavy atom. The zero-order valence-corrected chi connectivity index (χ0v) is 14.2. The molecule has 0 aliphatic carbocycles. The molecule has 2 rings (SSSR count). The standard InChI is InChI=1S/C15H25N5O5/c1-9(21)13(14(22)23)18-15(24)17-8-12-20-19-11(25-12)6-5-10-4-2-3-7-16-10/h9-10,13,16,21H,2-8H2,1H3,(H,22,23)(H2,17,18,24). The number of aryl methyl sites for hydroxylation is 1. The number of amides is 2. The molecule has 1 fully saturated rings. The van der Waals surface area contributed by atoms with E-state index < -0.39 is 24.1 Å². The van der Waals surface area contributed by atoms with E-state index in [1.54, 1.807) is 0 Å². The SMILES string of the molecule is CC(O)C(NC(=O)NCc1nnc(CCC2CCCCN2)o1)C(=O)O. The smallest absolute Gasteiger partial charge is 0.328 e. The zero-order chi connectivity index (χ0) is 18.2. The van der Waals surface area contributed by atoms with Crippen molar-refractivity contribution >= 4 is 12.0 Å². The minimum Gasteiger partial charge on any atom is -0.480 e. The second-order valence-electron chi connectivity index (χ2n) is 6.16. The molecule has 3 atom stereocenters. The van der Waals surface area contributed by atoms with Gasteiger partial charge in [0.05, 0.1) is 12.6 Å². The van der Waals surface area contributed by atoms with Gasteiger partial charge < -0.3 is 30.6 Å². The Labute approximate surface area is 145 Å². The lowest BCUT2D eigenvalue weighted by molar-refractivity contribution is -0.141. The predicted molar refractivity (Wildman–Crippen MR) is 86.7 cm³/mol. The van der Waals surface area contributed by atoms with Crippen LogP contribution in [0.3, 0.4) is 0 Å². The number of aliphatic carboxylic acids is 1. The third-order valence-electron chi connectivity index (χ3n) is 4.06. The highest BCUT2D eigenvalue weighted by atomic mass is 16.4. The summed E-state index contributed by atoms with van der Waals surface area (Å²) in [6, 6.07) is -1.65. The van der Waals surface area contributed by atoms with Crippen LogP contribution in [0, 0.1) is 0 Å². The van der Waals surface area contributed by atoms with Crippen molar-refractivity contribution in [3.63, 3.8) is 0 Å². The number of aliphatic hydroxyl groups is 1. The van der Waals surface area contributed by atoms with Gasteiger partial charge in [-0.1, -0.05) is 6.42 Å². The summed E-state index contributed by atoms with van der Waals surface area (Å²) in [6.07, 6.45) is 3.97. The Hall–Kier alpha value is -2.20. The van der Waals surface area contributed by atoms with Crippen molar-refractivity contribution in [3.8, 4) is 0 Å². The van der Waals surface area contributed by atoms with Crippen molar-refractivity contribution in [1.29, 1.82) is 0 Å². The molecule has 25 heavy (non-hydrogen) atoms. The van der Waals surface area contributed by atoms with Crippen LogP contribution in [0.5, 0.6) is 0 Å². The van der Waals surface area contributed by atoms with Gasteiger partial charge in [-0.15, -0.1) is 10.2 Å². The molecule has 0 bridgehead atoms. The summed E-state index contributed by atoms with van der Waals surface area (Å²) in [4.78, 5) is 22.6. The van der Waals surface area contributed by atoms with Gasteiger partial charge in [0.25, 0.3) is 0 Å². The van der Waals surface area contributed by atoms with Gasteiger partial charge in [-0.05, 0) is 32.7 Å². The minimum absolute atomic E-state index is 0.0212. The Morgan fingerprint density at radius 2 is 2.12 bits per heavy atom. The summed E-state index contributed by atoms with van der Waals surface area (Å²) in [5.41, 5.74) is 0. The Balaban J connectivity index is 1.73. The predicted octanol–water partition coefficient (Wildman–Crippen LogP) is -0.222. The number of rotatable bonds is 8. The largest absolute Gasteiger partial charge is 0.480 e. The van der Waals surface area contributed by atoms with Crippen LogP contribution in [0.15, 0.2) is 4.42 Å². The van der Waals surface area contributed by atoms with E-state index in [9.17, 15) is 14.7 Å². The van der Waals surface area contributed by atoms with E-state index in [0.29, 0.717) is 18.4 Å². The summed E-state index contributed by atoms with van der Waals surface area (Å²) >= 11 is 0. The van der Waals surface area contributed by atoms with E-state index in [1.165, 1.54) is 19.8 Å². The van der Waals surface area contributed by atoms with Crippen LogP contribution >= 0.6 is 0 Å². The maximum Gasteiger partial charge on any atom is 0.328 e. The average molecular weight is 355 g/mol. The molecule has 1 aliphatic heterocycles. The van der Waals surface area contributed by atoms with Crippen molar-refractivity contribution < 1.29 is 24.2 Å². The maximum absolute atomic E-state index is 11.7. The lowest BCUT2D eigenvalue weighted by Crippen LogP contribution is -2.51. The highest BCUT2D eigenvalue weighted by molar-refractivity contribution is 5.82. The molecule has 2 amide bonds. The molecule has 1 aromatic rings. The van der Waals surface area contributed by atoms with Gasteiger partial charge in [0.2, 0.25) is 11.8 Å². The van der Waals surface area contributed by atoms with Gasteiger partial charge in [0.1, 0.15) is 0 Å². The highest BCUT2D eigenvalue weighted by Crippen LogP contribution is 2.13. The molecule has 0 saturated carbocycles. The van der Waals surface area contributed by atoms with Crippen LogP contribution in [0.25, 0.3) is 0 Å². The molecule has 10 nitrogen and oxygen atoms in total. The van der Waals surface area contributed by atoms with Crippen molar-refractivity contribution in [2.75, 3.05) is 6.54 Å². The molecule has 1 aromatic heterocycles. The third-order valence-corrected chi connectivity index (χ3v) is 4.06. The first-order chi connectivity index (χ1) is 12.0. The van der Waals surface area contributed by atoms with E-state index in [2.05, 4.69) is 26.1 Å². The van der Waals surface area contributed by atoms with Gasteiger partial charge in [0, 0.05) is 12.5 Å². The van der Waals surface area contributed by atoms with Gasteiger partial charge >= 0.3 is 12.0 Å². The Kier molecular flexibility index (Phi) is 7.14. The lowest BCUT2D eigenvalue weighted by Gasteiger charge is -2.22. The number of aliphatic hydroxyl groups excluding tert-OH is 1. The summed E-state index contributed by atoms with van der Waals surface area (Å²) in [6.45, 7) is 2.31. The van der Waals surface area contributed by atoms with E-state index >= 15 is 0 Å². The first-order valence-corrected chi connectivity index (χ1v) is 8.45. The summed E-state index contributed by atoms with van der Waals surface area (Å²) in [7, 11) is 0. The Morgan fingerprint density at radius 1 is 1.36 bits per heavy atom. The molecule has 0 radical (unpaired) electrons. The first-order valence-electron chi connectivity index (χ1n) is 8.45. The molecule has 140 valence electrons. The fourth-order valence-electron chi connectivity index (χ4n) is 2.67. The van der Waals surface area contributed by atoms with E-state index in [-0.39, 0.29) is 12.4 Å². The topological polar surface area (TPSA) is 150 Å². The number of carboxylic acid groups (broad SMARTS) is 1. The van der Waals surface area contributed by atoms with Gasteiger partial charge in [-0.2, -0.15) is 0 Å². The first kappa shape index (κ1) is 19.1. The molecule has 1 saturated heterocycles. The van der Waals surface area contributed by atoms with Crippen molar-refractivity contribution in [2.24, 2.45) is 0 Å². The van der Waals surface area contributed by atoms with E-state index in [4.69, 9.17) is 9.52 Å². The number of piperidine rings is 1. The fourth-order valence-corrected chi connectivity index (χ4v) is 2.67. The lowest BCUT2D eigenvalue weighted by atomic mass is 10.0. The number of nitrogens with zero attached hydrogens (tertiary/aromatic N) is 2. The van der Waals surface area contributed by atoms with Crippen LogP contribution in [-0.4, -0.2) is 57.1 Å². The van der Waals surface area contributed by atoms with Gasteiger partial charge in [-0.3, -0.25) is 0 Å². The van der Waals surface area contributed by atoms with Crippen molar-refractivity contribution in [2.45, 2.75) is 63.8 Å². The quantitative estimate of drug-likeness (QED) is 0.429. The second kappa shape index (κ2) is 9.33. The zero-order valence-electron chi connectivity index (χ0n) is 14.2. The summed E-state index contributed by atoms with van der Waals surface area (Å²) < 4.78 is 5.47. The van der Waals surface area contributed by atoms with Crippen molar-refractivity contribution in [1.82, 2.24) is 26.1 Å². The van der Waals surface area contributed by atoms with Crippen LogP contribution in [0.2, 0.25) is 0 Å². The monoisotopic (exact) mass is 355 g/mol. The van der Waals surface area contributed by atoms with Crippen molar-refractivity contribution in [3.05, 3.63) is 11.8 Å². The number of aromatic nitrogens is 2. The van der Waals surface area contributed by atoms with E-state index in [1.807, 2.05) is 0 Å². The van der Waals surface area contributed by atoms with Crippen LogP contribution in [0.4, 0.5) is 4.79 Å². The van der Waals surface area contributed by atoms with Gasteiger partial charge in [-0.25, -0.2) is 9.59 Å². The number of carbonyl (C=O) groups is 2. The minimum atomic E-state index is -1.39. The molecular formula is C15H25N5O5. The number of urea groups is 1. The maximum atomic E-state index is 11.7. The molecule has 1 aliphatic rings. The molecule has 3 unspecified atom stereocenters. The number of carbonyl (C=O) groups excluding carboxylic acids is 1. The number of nitrogens with one attached hydrogen (secondary N) is 3. The normalized spacial score (nSPS) is 19.8. The molecule has 10 heteroatoms. The fraction of sp³-hybridized carbons (Fsp3) is 0.733. The Bertz CT molecular complexity index is 570. The van der Waals surface area contributed by atoms with Crippen LogP contribution < -0.4 is 16.0 Å². The molecular weight excluding hydrogens is 330 g/mol. The second-order valence-corrected chi connectivity index (χ2v) is 6.16. The number of hydrogen-bond acceptors (Lipinski definition) is 7. The van der Waals surface area contributed by atoms with Gasteiger partial charge in [0.15, 0.2) is 6.04 Å². The molecule has 0 aromatic carbocycles. The van der Waals surface area contributed by atoms with Crippen LogP contribution in [0.1, 0.15) is 44.4 Å². The molecule has 2 heterocycles. The summed E-state index contributed by atoms with van der Waals surface area (Å²) in [5.74, 6) is -0.566. The average Bonchev–Trinajstić information content (AvgIpc) is 3.04. The van der Waals surface area contributed by atoms with Crippen LogP contribution in [-0.2, 0) is 17.8 Å². The number of carboxylic acids is 1. The molecule has 0 spiro atoms. The molecule has 5 N–H and O–H groups in total.